The molecule has 2 rings (SSSR count). The Balaban J connectivity index is 2.31. The molecule has 0 fully saturated rings. The summed E-state index contributed by atoms with van der Waals surface area (Å²) < 4.78 is 16.2. The van der Waals surface area contributed by atoms with Crippen LogP contribution in [0, 0.1) is 6.92 Å². The van der Waals surface area contributed by atoms with E-state index in [1.54, 1.807) is 38.5 Å². The van der Waals surface area contributed by atoms with E-state index in [2.05, 4.69) is 0 Å². The Bertz CT molecular complexity index is 559. The van der Waals surface area contributed by atoms with Crippen molar-refractivity contribution in [3.63, 3.8) is 0 Å². The van der Waals surface area contributed by atoms with Gasteiger partial charge in [-0.25, -0.2) is 0 Å². The topological polar surface area (TPSA) is 53.7 Å². The van der Waals surface area contributed by atoms with Crippen LogP contribution < -0.4 is 19.9 Å². The normalized spacial score (nSPS) is 10.1. The Morgan fingerprint density at radius 2 is 1.42 bits per heavy atom. The fourth-order valence-electron chi connectivity index (χ4n) is 1.75. The molecule has 2 aromatic carbocycles. The van der Waals surface area contributed by atoms with Gasteiger partial charge in [0, 0.05) is 23.9 Å². The van der Waals surface area contributed by atoms with Gasteiger partial charge in [0.2, 0.25) is 0 Å². The lowest BCUT2D eigenvalue weighted by Crippen LogP contribution is -1.93. The molecule has 0 aliphatic heterocycles. The van der Waals surface area contributed by atoms with Crippen LogP contribution in [0.2, 0.25) is 0 Å². The number of rotatable bonds is 4. The standard InChI is InChI=1S/C15H17NO3/c1-10-6-11(16)4-5-15(10)19-14-8-12(17-2)7-13(9-14)18-3/h4-9H,16H2,1-3H3. The van der Waals surface area contributed by atoms with Gasteiger partial charge in [-0.05, 0) is 30.7 Å². The highest BCUT2D eigenvalue weighted by Crippen LogP contribution is 2.32. The number of ether oxygens (including phenoxy) is 3. The van der Waals surface area contributed by atoms with Crippen molar-refractivity contribution in [2.45, 2.75) is 6.92 Å². The van der Waals surface area contributed by atoms with Gasteiger partial charge in [-0.15, -0.1) is 0 Å². The first-order valence-electron chi connectivity index (χ1n) is 5.89. The van der Waals surface area contributed by atoms with Crippen LogP contribution in [0.4, 0.5) is 5.69 Å². The molecule has 0 spiro atoms. The molecule has 0 radical (unpaired) electrons. The number of benzene rings is 2. The molecule has 0 saturated heterocycles. The molecule has 2 N–H and O–H groups in total. The molecule has 0 heterocycles. The van der Waals surface area contributed by atoms with Crippen LogP contribution in [0.1, 0.15) is 5.56 Å². The third-order valence-corrected chi connectivity index (χ3v) is 2.75. The highest BCUT2D eigenvalue weighted by atomic mass is 16.5. The maximum absolute atomic E-state index is 5.83. The monoisotopic (exact) mass is 259 g/mol. The minimum Gasteiger partial charge on any atom is -0.496 e. The van der Waals surface area contributed by atoms with Crippen molar-refractivity contribution in [2.75, 3.05) is 20.0 Å². The number of anilines is 1. The molecule has 0 saturated carbocycles. The fraction of sp³-hybridized carbons (Fsp3) is 0.200. The largest absolute Gasteiger partial charge is 0.496 e. The quantitative estimate of drug-likeness (QED) is 0.855. The van der Waals surface area contributed by atoms with Crippen LogP contribution >= 0.6 is 0 Å². The van der Waals surface area contributed by atoms with E-state index < -0.39 is 0 Å². The van der Waals surface area contributed by atoms with E-state index in [1.807, 2.05) is 19.1 Å². The van der Waals surface area contributed by atoms with E-state index in [4.69, 9.17) is 19.9 Å². The predicted octanol–water partition coefficient (Wildman–Crippen LogP) is 3.39. The molecular formula is C15H17NO3. The van der Waals surface area contributed by atoms with Crippen molar-refractivity contribution in [3.05, 3.63) is 42.0 Å². The zero-order valence-electron chi connectivity index (χ0n) is 11.3. The van der Waals surface area contributed by atoms with Crippen molar-refractivity contribution in [1.82, 2.24) is 0 Å². The van der Waals surface area contributed by atoms with Crippen molar-refractivity contribution in [3.8, 4) is 23.0 Å². The van der Waals surface area contributed by atoms with Gasteiger partial charge in [0.05, 0.1) is 14.2 Å². The third-order valence-electron chi connectivity index (χ3n) is 2.75. The number of methoxy groups -OCH3 is 2. The summed E-state index contributed by atoms with van der Waals surface area (Å²) in [6.07, 6.45) is 0. The molecule has 0 aliphatic carbocycles. The second-order valence-corrected chi connectivity index (χ2v) is 4.18. The molecule has 0 aromatic heterocycles. The number of nitrogen functional groups attached to an aromatic ring is 1. The molecule has 0 unspecified atom stereocenters. The summed E-state index contributed by atoms with van der Waals surface area (Å²) in [7, 11) is 3.21. The van der Waals surface area contributed by atoms with Crippen LogP contribution in [-0.4, -0.2) is 14.2 Å². The molecular weight excluding hydrogens is 242 g/mol. The summed E-state index contributed by atoms with van der Waals surface area (Å²) in [5, 5.41) is 0. The minimum absolute atomic E-state index is 0.657. The summed E-state index contributed by atoms with van der Waals surface area (Å²) >= 11 is 0. The lowest BCUT2D eigenvalue weighted by atomic mass is 10.2. The average Bonchev–Trinajstić information content (AvgIpc) is 2.41. The van der Waals surface area contributed by atoms with Gasteiger partial charge >= 0.3 is 0 Å². The SMILES string of the molecule is COc1cc(OC)cc(Oc2ccc(N)cc2C)c1. The maximum Gasteiger partial charge on any atom is 0.134 e. The van der Waals surface area contributed by atoms with Gasteiger partial charge in [0.15, 0.2) is 0 Å². The lowest BCUT2D eigenvalue weighted by molar-refractivity contribution is 0.386. The highest BCUT2D eigenvalue weighted by molar-refractivity contribution is 5.50. The van der Waals surface area contributed by atoms with Crippen LogP contribution in [0.3, 0.4) is 0 Å². The van der Waals surface area contributed by atoms with E-state index in [0.29, 0.717) is 22.9 Å². The molecule has 0 atom stereocenters. The molecule has 0 aliphatic rings. The van der Waals surface area contributed by atoms with Gasteiger partial charge in [-0.3, -0.25) is 0 Å². The zero-order chi connectivity index (χ0) is 13.8. The number of aryl methyl sites for hydroxylation is 1. The van der Waals surface area contributed by atoms with E-state index in [-0.39, 0.29) is 0 Å². The Hall–Kier alpha value is -2.36. The zero-order valence-corrected chi connectivity index (χ0v) is 11.3. The molecule has 100 valence electrons. The summed E-state index contributed by atoms with van der Waals surface area (Å²) in [6.45, 7) is 1.95. The van der Waals surface area contributed by atoms with E-state index >= 15 is 0 Å². The van der Waals surface area contributed by atoms with E-state index in [0.717, 1.165) is 11.3 Å². The average molecular weight is 259 g/mol. The fourth-order valence-corrected chi connectivity index (χ4v) is 1.75. The van der Waals surface area contributed by atoms with E-state index in [9.17, 15) is 0 Å². The Kier molecular flexibility index (Phi) is 3.80. The van der Waals surface area contributed by atoms with E-state index in [1.165, 1.54) is 0 Å². The first-order chi connectivity index (χ1) is 9.12. The summed E-state index contributed by atoms with van der Waals surface area (Å²) in [4.78, 5) is 0. The smallest absolute Gasteiger partial charge is 0.134 e. The second kappa shape index (κ2) is 5.52. The van der Waals surface area contributed by atoms with Crippen molar-refractivity contribution < 1.29 is 14.2 Å². The first-order valence-corrected chi connectivity index (χ1v) is 5.89. The van der Waals surface area contributed by atoms with Gasteiger partial charge < -0.3 is 19.9 Å². The summed E-state index contributed by atoms with van der Waals surface area (Å²) in [5.41, 5.74) is 7.41. The molecule has 19 heavy (non-hydrogen) atoms. The molecule has 2 aromatic rings. The van der Waals surface area contributed by atoms with Crippen molar-refractivity contribution in [1.29, 1.82) is 0 Å². The van der Waals surface area contributed by atoms with Crippen LogP contribution in [-0.2, 0) is 0 Å². The number of hydrogen-bond acceptors (Lipinski definition) is 4. The third kappa shape index (κ3) is 3.10. The first kappa shape index (κ1) is 13.1. The van der Waals surface area contributed by atoms with Gasteiger partial charge in [0.25, 0.3) is 0 Å². The Morgan fingerprint density at radius 3 is 1.95 bits per heavy atom. The lowest BCUT2D eigenvalue weighted by Gasteiger charge is -2.12. The summed E-state index contributed by atoms with van der Waals surface area (Å²) in [5.74, 6) is 2.78. The van der Waals surface area contributed by atoms with Crippen LogP contribution in [0.5, 0.6) is 23.0 Å². The number of hydrogen-bond donors (Lipinski definition) is 1. The van der Waals surface area contributed by atoms with Crippen molar-refractivity contribution >= 4 is 5.69 Å². The molecule has 0 amide bonds. The Labute approximate surface area is 112 Å². The highest BCUT2D eigenvalue weighted by Gasteiger charge is 2.06. The molecule has 4 nitrogen and oxygen atoms in total. The molecule has 0 bridgehead atoms. The second-order valence-electron chi connectivity index (χ2n) is 4.18. The van der Waals surface area contributed by atoms with Crippen LogP contribution in [0.25, 0.3) is 0 Å². The van der Waals surface area contributed by atoms with Gasteiger partial charge in [0.1, 0.15) is 23.0 Å². The maximum atomic E-state index is 5.83. The Morgan fingerprint density at radius 1 is 0.842 bits per heavy atom. The summed E-state index contributed by atoms with van der Waals surface area (Å²) in [6, 6.07) is 10.9. The minimum atomic E-state index is 0.657. The number of nitrogens with two attached hydrogens (primary N) is 1. The van der Waals surface area contributed by atoms with Crippen molar-refractivity contribution in [2.24, 2.45) is 0 Å². The van der Waals surface area contributed by atoms with Gasteiger partial charge in [-0.2, -0.15) is 0 Å². The van der Waals surface area contributed by atoms with Gasteiger partial charge in [-0.1, -0.05) is 0 Å². The van der Waals surface area contributed by atoms with Crippen LogP contribution in [0.15, 0.2) is 36.4 Å². The predicted molar refractivity (Wildman–Crippen MR) is 75.2 cm³/mol. The molecule has 4 heteroatoms.